The standard InChI is InChI=1S/C27H45NO2/c1-3-5-6-7-8-9-10-11-12-13-14-15-16-17-24-28-26-21-18-25(19-22-26)20-23-27(29)30-4-2/h18-23,28H,3-17,24H2,1-2H3/b23-20+. The van der Waals surface area contributed by atoms with Crippen LogP contribution in [0.5, 0.6) is 0 Å². The van der Waals surface area contributed by atoms with Gasteiger partial charge in [0.2, 0.25) is 0 Å². The van der Waals surface area contributed by atoms with Crippen LogP contribution in [-0.2, 0) is 9.53 Å². The van der Waals surface area contributed by atoms with Crippen molar-refractivity contribution in [3.05, 3.63) is 35.9 Å². The fourth-order valence-electron chi connectivity index (χ4n) is 3.62. The molecule has 1 aromatic rings. The van der Waals surface area contributed by atoms with Crippen LogP contribution in [0.2, 0.25) is 0 Å². The summed E-state index contributed by atoms with van der Waals surface area (Å²) in [6.45, 7) is 5.52. The second-order valence-electron chi connectivity index (χ2n) is 8.23. The minimum absolute atomic E-state index is 0.294. The number of nitrogens with one attached hydrogen (secondary N) is 1. The number of ether oxygens (including phenoxy) is 1. The van der Waals surface area contributed by atoms with Gasteiger partial charge < -0.3 is 10.1 Å². The minimum Gasteiger partial charge on any atom is -0.463 e. The van der Waals surface area contributed by atoms with Gasteiger partial charge in [-0.15, -0.1) is 0 Å². The summed E-state index contributed by atoms with van der Waals surface area (Å²) < 4.78 is 4.89. The van der Waals surface area contributed by atoms with Gasteiger partial charge in [0.25, 0.3) is 0 Å². The maximum atomic E-state index is 11.3. The molecule has 0 radical (unpaired) electrons. The molecule has 0 aliphatic carbocycles. The van der Waals surface area contributed by atoms with Crippen LogP contribution in [-0.4, -0.2) is 19.1 Å². The molecule has 30 heavy (non-hydrogen) atoms. The first-order valence-electron chi connectivity index (χ1n) is 12.4. The molecule has 0 atom stereocenters. The lowest BCUT2D eigenvalue weighted by molar-refractivity contribution is -0.137. The second kappa shape index (κ2) is 19.2. The maximum absolute atomic E-state index is 11.3. The van der Waals surface area contributed by atoms with E-state index in [4.69, 9.17) is 4.74 Å². The van der Waals surface area contributed by atoms with Crippen LogP contribution in [0, 0.1) is 0 Å². The zero-order valence-corrected chi connectivity index (χ0v) is 19.6. The van der Waals surface area contributed by atoms with E-state index in [0.717, 1.165) is 17.8 Å². The van der Waals surface area contributed by atoms with Crippen molar-refractivity contribution in [1.82, 2.24) is 0 Å². The fourth-order valence-corrected chi connectivity index (χ4v) is 3.62. The number of esters is 1. The smallest absolute Gasteiger partial charge is 0.330 e. The third-order valence-electron chi connectivity index (χ3n) is 5.47. The highest BCUT2D eigenvalue weighted by molar-refractivity contribution is 5.87. The molecule has 0 saturated heterocycles. The van der Waals surface area contributed by atoms with Crippen molar-refractivity contribution in [1.29, 1.82) is 0 Å². The van der Waals surface area contributed by atoms with Gasteiger partial charge in [0.15, 0.2) is 0 Å². The fraction of sp³-hybridized carbons (Fsp3) is 0.667. The van der Waals surface area contributed by atoms with Crippen LogP contribution in [0.3, 0.4) is 0 Å². The first-order valence-corrected chi connectivity index (χ1v) is 12.4. The highest BCUT2D eigenvalue weighted by Crippen LogP contribution is 2.14. The van der Waals surface area contributed by atoms with E-state index in [2.05, 4.69) is 24.4 Å². The number of rotatable bonds is 19. The van der Waals surface area contributed by atoms with Crippen molar-refractivity contribution in [3.8, 4) is 0 Å². The predicted octanol–water partition coefficient (Wildman–Crippen LogP) is 8.16. The van der Waals surface area contributed by atoms with Crippen molar-refractivity contribution < 1.29 is 9.53 Å². The monoisotopic (exact) mass is 415 g/mol. The van der Waals surface area contributed by atoms with Crippen molar-refractivity contribution in [2.24, 2.45) is 0 Å². The third kappa shape index (κ3) is 15.1. The Balaban J connectivity index is 1.93. The lowest BCUT2D eigenvalue weighted by Gasteiger charge is -2.07. The van der Waals surface area contributed by atoms with Gasteiger partial charge in [-0.2, -0.15) is 0 Å². The molecule has 0 aliphatic heterocycles. The number of benzene rings is 1. The molecule has 0 aromatic heterocycles. The van der Waals surface area contributed by atoms with Gasteiger partial charge in [0.05, 0.1) is 6.61 Å². The lowest BCUT2D eigenvalue weighted by atomic mass is 10.0. The first kappa shape index (κ1) is 26.3. The highest BCUT2D eigenvalue weighted by Gasteiger charge is 1.97. The molecule has 0 spiro atoms. The zero-order valence-electron chi connectivity index (χ0n) is 19.6. The Morgan fingerprint density at radius 1 is 0.767 bits per heavy atom. The number of hydrogen-bond donors (Lipinski definition) is 1. The molecule has 0 saturated carbocycles. The molecule has 170 valence electrons. The summed E-state index contributed by atoms with van der Waals surface area (Å²) in [6.07, 6.45) is 22.8. The normalized spacial score (nSPS) is 11.1. The van der Waals surface area contributed by atoms with E-state index in [0.29, 0.717) is 6.61 Å². The minimum atomic E-state index is -0.294. The summed E-state index contributed by atoms with van der Waals surface area (Å²) in [5, 5.41) is 3.48. The first-order chi connectivity index (χ1) is 14.8. The van der Waals surface area contributed by atoms with Gasteiger partial charge in [0.1, 0.15) is 0 Å². The van der Waals surface area contributed by atoms with Gasteiger partial charge in [0, 0.05) is 18.3 Å². The Morgan fingerprint density at radius 3 is 1.77 bits per heavy atom. The van der Waals surface area contributed by atoms with E-state index in [1.165, 1.54) is 96.0 Å². The molecule has 1 rings (SSSR count). The quantitative estimate of drug-likeness (QED) is 0.141. The summed E-state index contributed by atoms with van der Waals surface area (Å²) in [5.74, 6) is -0.294. The average Bonchev–Trinajstić information content (AvgIpc) is 2.76. The van der Waals surface area contributed by atoms with Crippen LogP contribution in [0.1, 0.15) is 109 Å². The zero-order chi connectivity index (χ0) is 21.7. The molecule has 3 heteroatoms. The van der Waals surface area contributed by atoms with Crippen molar-refractivity contribution in [2.45, 2.75) is 104 Å². The molecule has 0 heterocycles. The Morgan fingerprint density at radius 2 is 1.27 bits per heavy atom. The molecule has 0 unspecified atom stereocenters. The van der Waals surface area contributed by atoms with Gasteiger partial charge in [-0.25, -0.2) is 4.79 Å². The number of hydrogen-bond acceptors (Lipinski definition) is 3. The Hall–Kier alpha value is -1.77. The molecule has 1 N–H and O–H groups in total. The molecule has 1 aromatic carbocycles. The second-order valence-corrected chi connectivity index (χ2v) is 8.23. The van der Waals surface area contributed by atoms with Crippen molar-refractivity contribution in [2.75, 3.05) is 18.5 Å². The van der Waals surface area contributed by atoms with Crippen LogP contribution < -0.4 is 5.32 Å². The summed E-state index contributed by atoms with van der Waals surface area (Å²) in [7, 11) is 0. The van der Waals surface area contributed by atoms with Crippen molar-refractivity contribution >= 4 is 17.7 Å². The Kier molecular flexibility index (Phi) is 16.8. The molecular weight excluding hydrogens is 370 g/mol. The Bertz CT molecular complexity index is 550. The predicted molar refractivity (Wildman–Crippen MR) is 131 cm³/mol. The van der Waals surface area contributed by atoms with E-state index in [1.807, 2.05) is 19.1 Å². The maximum Gasteiger partial charge on any atom is 0.330 e. The molecule has 0 amide bonds. The topological polar surface area (TPSA) is 38.3 Å². The summed E-state index contributed by atoms with van der Waals surface area (Å²) in [5.41, 5.74) is 2.14. The van der Waals surface area contributed by atoms with E-state index in [1.54, 1.807) is 6.08 Å². The highest BCUT2D eigenvalue weighted by atomic mass is 16.5. The summed E-state index contributed by atoms with van der Waals surface area (Å²) >= 11 is 0. The molecule has 3 nitrogen and oxygen atoms in total. The SMILES string of the molecule is CCCCCCCCCCCCCCCCNc1ccc(/C=C/C(=O)OCC)cc1. The number of unbranched alkanes of at least 4 members (excludes halogenated alkanes) is 13. The van der Waals surface area contributed by atoms with E-state index in [-0.39, 0.29) is 5.97 Å². The van der Waals surface area contributed by atoms with E-state index >= 15 is 0 Å². The third-order valence-corrected chi connectivity index (χ3v) is 5.47. The Labute approximate surface area is 185 Å². The van der Waals surface area contributed by atoms with Crippen molar-refractivity contribution in [3.63, 3.8) is 0 Å². The summed E-state index contributed by atoms with van der Waals surface area (Å²) in [4.78, 5) is 11.3. The lowest BCUT2D eigenvalue weighted by Crippen LogP contribution is -2.01. The summed E-state index contributed by atoms with van der Waals surface area (Å²) in [6, 6.07) is 8.16. The largest absolute Gasteiger partial charge is 0.463 e. The van der Waals surface area contributed by atoms with E-state index in [9.17, 15) is 4.79 Å². The van der Waals surface area contributed by atoms with Gasteiger partial charge in [-0.3, -0.25) is 0 Å². The number of carbonyl (C=O) groups excluding carboxylic acids is 1. The van der Waals surface area contributed by atoms with Crippen LogP contribution in [0.25, 0.3) is 6.08 Å². The van der Waals surface area contributed by atoms with Crippen LogP contribution >= 0.6 is 0 Å². The number of anilines is 1. The van der Waals surface area contributed by atoms with Gasteiger partial charge >= 0.3 is 5.97 Å². The average molecular weight is 416 g/mol. The van der Waals surface area contributed by atoms with E-state index < -0.39 is 0 Å². The number of carbonyl (C=O) groups is 1. The van der Waals surface area contributed by atoms with Gasteiger partial charge in [-0.05, 0) is 37.1 Å². The molecular formula is C27H45NO2. The molecule has 0 aliphatic rings. The van der Waals surface area contributed by atoms with Crippen LogP contribution in [0.15, 0.2) is 30.3 Å². The molecule has 0 fully saturated rings. The van der Waals surface area contributed by atoms with Gasteiger partial charge in [-0.1, -0.05) is 103 Å². The molecule has 0 bridgehead atoms. The van der Waals surface area contributed by atoms with Crippen LogP contribution in [0.4, 0.5) is 5.69 Å².